The number of nitrogens with two attached hydrogens (primary N) is 2. The first kappa shape index (κ1) is 9.61. The highest BCUT2D eigenvalue weighted by Crippen LogP contribution is 2.14. The predicted octanol–water partition coefficient (Wildman–Crippen LogP) is 1.58. The fourth-order valence-corrected chi connectivity index (χ4v) is 1.11. The molecule has 1 aromatic carbocycles. The van der Waals surface area contributed by atoms with Crippen LogP contribution >= 0.6 is 11.6 Å². The van der Waals surface area contributed by atoms with Crippen molar-refractivity contribution in [3.63, 3.8) is 0 Å². The zero-order valence-electron chi connectivity index (χ0n) is 6.92. The van der Waals surface area contributed by atoms with Crippen LogP contribution in [0.15, 0.2) is 30.3 Å². The molecule has 0 aliphatic heterocycles. The maximum atomic E-state index is 7.02. The summed E-state index contributed by atoms with van der Waals surface area (Å²) in [6.07, 6.45) is 1.38. The van der Waals surface area contributed by atoms with E-state index in [9.17, 15) is 0 Å². The molecule has 0 fully saturated rings. The monoisotopic (exact) mass is 195 g/mol. The Hall–Kier alpha value is -1.48. The lowest BCUT2D eigenvalue weighted by molar-refractivity contribution is 1.45. The van der Waals surface area contributed by atoms with E-state index in [0.29, 0.717) is 10.7 Å². The van der Waals surface area contributed by atoms with Gasteiger partial charge < -0.3 is 11.5 Å². The van der Waals surface area contributed by atoms with E-state index in [4.69, 9.17) is 28.5 Å². The van der Waals surface area contributed by atoms with Gasteiger partial charge in [0.2, 0.25) is 0 Å². The maximum Gasteiger partial charge on any atom is 0.117 e. The van der Waals surface area contributed by atoms with Crippen molar-refractivity contribution < 1.29 is 0 Å². The Morgan fingerprint density at radius 3 is 2.62 bits per heavy atom. The third-order valence-electron chi connectivity index (χ3n) is 1.47. The number of nitrogens with one attached hydrogen (secondary N) is 1. The first-order chi connectivity index (χ1) is 6.09. The Bertz CT molecular complexity index is 358. The van der Waals surface area contributed by atoms with Gasteiger partial charge in [-0.05, 0) is 17.7 Å². The third-order valence-corrected chi connectivity index (χ3v) is 1.70. The second kappa shape index (κ2) is 3.96. The first-order valence-corrected chi connectivity index (χ1v) is 4.04. The Morgan fingerprint density at radius 2 is 2.08 bits per heavy atom. The smallest absolute Gasteiger partial charge is 0.117 e. The van der Waals surface area contributed by atoms with Gasteiger partial charge in [0, 0.05) is 16.8 Å². The minimum atomic E-state index is -0.0718. The van der Waals surface area contributed by atoms with Crippen molar-refractivity contribution in [2.75, 3.05) is 0 Å². The standard InChI is InChI=1S/C9H10ClN3/c10-7-3-1-2-6(4-7)8(11)5-9(12)13/h1-5H,11H2,(H3,12,13)/b8-5-. The molecule has 0 bridgehead atoms. The summed E-state index contributed by atoms with van der Waals surface area (Å²) in [5, 5.41) is 7.62. The fraction of sp³-hybridized carbons (Fsp3) is 0. The Balaban J connectivity index is 3.02. The summed E-state index contributed by atoms with van der Waals surface area (Å²) < 4.78 is 0. The normalized spacial score (nSPS) is 11.3. The van der Waals surface area contributed by atoms with E-state index in [1.165, 1.54) is 6.08 Å². The summed E-state index contributed by atoms with van der Waals surface area (Å²) in [5.41, 5.74) is 12.0. The van der Waals surface area contributed by atoms with E-state index in [2.05, 4.69) is 0 Å². The van der Waals surface area contributed by atoms with Crippen molar-refractivity contribution in [1.29, 1.82) is 5.41 Å². The lowest BCUT2D eigenvalue weighted by Crippen LogP contribution is -2.08. The van der Waals surface area contributed by atoms with E-state index >= 15 is 0 Å². The molecule has 0 aliphatic carbocycles. The summed E-state index contributed by atoms with van der Waals surface area (Å²) in [4.78, 5) is 0. The third kappa shape index (κ3) is 2.80. The van der Waals surface area contributed by atoms with Crippen LogP contribution in [0, 0.1) is 5.41 Å². The van der Waals surface area contributed by atoms with Crippen LogP contribution in [0.3, 0.4) is 0 Å². The van der Waals surface area contributed by atoms with Crippen molar-refractivity contribution in [2.45, 2.75) is 0 Å². The molecule has 1 aromatic rings. The number of hydrogen-bond acceptors (Lipinski definition) is 2. The molecule has 3 nitrogen and oxygen atoms in total. The largest absolute Gasteiger partial charge is 0.398 e. The second-order valence-corrected chi connectivity index (χ2v) is 3.00. The van der Waals surface area contributed by atoms with E-state index in [1.807, 2.05) is 0 Å². The van der Waals surface area contributed by atoms with Crippen LogP contribution in [0.25, 0.3) is 5.70 Å². The molecule has 0 atom stereocenters. The van der Waals surface area contributed by atoms with Gasteiger partial charge in [-0.15, -0.1) is 0 Å². The second-order valence-electron chi connectivity index (χ2n) is 2.57. The van der Waals surface area contributed by atoms with E-state index in [0.717, 1.165) is 5.56 Å². The van der Waals surface area contributed by atoms with Crippen molar-refractivity contribution in [3.05, 3.63) is 40.9 Å². The maximum absolute atomic E-state index is 7.02. The molecule has 0 unspecified atom stereocenters. The number of rotatable bonds is 2. The summed E-state index contributed by atoms with van der Waals surface area (Å²) in [6.45, 7) is 0. The molecule has 0 spiro atoms. The van der Waals surface area contributed by atoms with Crippen LogP contribution in [-0.4, -0.2) is 5.84 Å². The molecule has 68 valence electrons. The topological polar surface area (TPSA) is 75.9 Å². The number of amidine groups is 1. The summed E-state index contributed by atoms with van der Waals surface area (Å²) >= 11 is 5.76. The van der Waals surface area contributed by atoms with Gasteiger partial charge in [-0.25, -0.2) is 0 Å². The van der Waals surface area contributed by atoms with Gasteiger partial charge in [0.1, 0.15) is 5.84 Å². The molecule has 0 saturated carbocycles. The van der Waals surface area contributed by atoms with Crippen molar-refractivity contribution in [1.82, 2.24) is 0 Å². The Labute approximate surface area is 81.5 Å². The molecule has 13 heavy (non-hydrogen) atoms. The molecule has 5 N–H and O–H groups in total. The van der Waals surface area contributed by atoms with Crippen LogP contribution < -0.4 is 11.5 Å². The minimum Gasteiger partial charge on any atom is -0.398 e. The van der Waals surface area contributed by atoms with E-state index in [-0.39, 0.29) is 5.84 Å². The number of halogens is 1. The van der Waals surface area contributed by atoms with Gasteiger partial charge in [-0.2, -0.15) is 0 Å². The average Bonchev–Trinajstić information content (AvgIpc) is 2.03. The highest BCUT2D eigenvalue weighted by Gasteiger charge is 1.97. The van der Waals surface area contributed by atoms with Crippen LogP contribution in [-0.2, 0) is 0 Å². The highest BCUT2D eigenvalue weighted by molar-refractivity contribution is 6.30. The van der Waals surface area contributed by atoms with Crippen LogP contribution in [0.4, 0.5) is 0 Å². The van der Waals surface area contributed by atoms with Crippen LogP contribution in [0.2, 0.25) is 5.02 Å². The predicted molar refractivity (Wildman–Crippen MR) is 55.5 cm³/mol. The lowest BCUT2D eigenvalue weighted by atomic mass is 10.1. The molecular weight excluding hydrogens is 186 g/mol. The summed E-state index contributed by atoms with van der Waals surface area (Å²) in [7, 11) is 0. The SMILES string of the molecule is N=C(N)/C=C(\N)c1cccc(Cl)c1. The van der Waals surface area contributed by atoms with Gasteiger partial charge in [0.25, 0.3) is 0 Å². The zero-order valence-corrected chi connectivity index (χ0v) is 7.68. The Morgan fingerprint density at radius 1 is 1.38 bits per heavy atom. The average molecular weight is 196 g/mol. The first-order valence-electron chi connectivity index (χ1n) is 3.67. The molecule has 0 radical (unpaired) electrons. The van der Waals surface area contributed by atoms with Crippen molar-refractivity contribution >= 4 is 23.1 Å². The highest BCUT2D eigenvalue weighted by atomic mass is 35.5. The molecular formula is C9H10ClN3. The number of hydrogen-bond donors (Lipinski definition) is 3. The van der Waals surface area contributed by atoms with Gasteiger partial charge in [0.05, 0.1) is 0 Å². The van der Waals surface area contributed by atoms with Crippen molar-refractivity contribution in [3.8, 4) is 0 Å². The molecule has 0 saturated heterocycles. The quantitative estimate of drug-likeness (QED) is 0.495. The van der Waals surface area contributed by atoms with Gasteiger partial charge in [0.15, 0.2) is 0 Å². The minimum absolute atomic E-state index is 0.0718. The molecule has 0 heterocycles. The summed E-state index contributed by atoms with van der Waals surface area (Å²) in [6, 6.07) is 7.07. The van der Waals surface area contributed by atoms with Gasteiger partial charge in [-0.3, -0.25) is 5.41 Å². The molecule has 4 heteroatoms. The zero-order chi connectivity index (χ0) is 9.84. The van der Waals surface area contributed by atoms with Crippen LogP contribution in [0.1, 0.15) is 5.56 Å². The molecule has 0 aromatic heterocycles. The number of benzene rings is 1. The Kier molecular flexibility index (Phi) is 2.93. The lowest BCUT2D eigenvalue weighted by Gasteiger charge is -2.01. The van der Waals surface area contributed by atoms with Crippen molar-refractivity contribution in [2.24, 2.45) is 11.5 Å². The molecule has 0 amide bonds. The van der Waals surface area contributed by atoms with Gasteiger partial charge in [-0.1, -0.05) is 23.7 Å². The van der Waals surface area contributed by atoms with Crippen LogP contribution in [0.5, 0.6) is 0 Å². The summed E-state index contributed by atoms with van der Waals surface area (Å²) in [5.74, 6) is -0.0718. The van der Waals surface area contributed by atoms with E-state index < -0.39 is 0 Å². The molecule has 1 rings (SSSR count). The molecule has 0 aliphatic rings. The van der Waals surface area contributed by atoms with Gasteiger partial charge >= 0.3 is 0 Å². The fourth-order valence-electron chi connectivity index (χ4n) is 0.919. The van der Waals surface area contributed by atoms with E-state index in [1.54, 1.807) is 24.3 Å².